The topological polar surface area (TPSA) is 66.5 Å². The Morgan fingerprint density at radius 2 is 1.66 bits per heavy atom. The quantitative estimate of drug-likeness (QED) is 0.731. The zero-order valence-corrected chi connectivity index (χ0v) is 18.7. The van der Waals surface area contributed by atoms with Crippen LogP contribution in [0.1, 0.15) is 46.3 Å². The lowest BCUT2D eigenvalue weighted by atomic mass is 9.94. The Kier molecular flexibility index (Phi) is 5.61. The molecule has 1 amide bonds. The molecule has 1 heterocycles. The number of carbonyl (C=O) groups excluding carboxylic acids is 1. The van der Waals surface area contributed by atoms with Gasteiger partial charge in [-0.3, -0.25) is 4.79 Å². The number of piperidine rings is 1. The second-order valence-corrected chi connectivity index (χ2v) is 10.8. The summed E-state index contributed by atoms with van der Waals surface area (Å²) in [6, 6.07) is 9.90. The monoisotopic (exact) mass is 466 g/mol. The number of amides is 1. The minimum atomic E-state index is -4.52. The van der Waals surface area contributed by atoms with Gasteiger partial charge in [0, 0.05) is 24.7 Å². The van der Waals surface area contributed by atoms with Crippen molar-refractivity contribution in [2.24, 2.45) is 5.41 Å². The molecular formula is C23H25F3N2O3S. The minimum absolute atomic E-state index is 0.0150. The van der Waals surface area contributed by atoms with E-state index >= 15 is 0 Å². The fourth-order valence-electron chi connectivity index (χ4n) is 4.45. The van der Waals surface area contributed by atoms with Crippen molar-refractivity contribution in [3.8, 4) is 0 Å². The van der Waals surface area contributed by atoms with Gasteiger partial charge in [-0.2, -0.15) is 17.5 Å². The average molecular weight is 467 g/mol. The number of carbonyl (C=O) groups is 1. The average Bonchev–Trinajstić information content (AvgIpc) is 3.38. The van der Waals surface area contributed by atoms with Gasteiger partial charge >= 0.3 is 6.18 Å². The fraction of sp³-hybridized carbons (Fsp3) is 0.435. The molecule has 9 heteroatoms. The van der Waals surface area contributed by atoms with Crippen LogP contribution in [0.15, 0.2) is 47.4 Å². The maximum atomic E-state index is 13.1. The Balaban J connectivity index is 1.39. The highest BCUT2D eigenvalue weighted by Gasteiger charge is 2.56. The van der Waals surface area contributed by atoms with Crippen molar-refractivity contribution >= 4 is 15.9 Å². The molecule has 1 unspecified atom stereocenters. The smallest absolute Gasteiger partial charge is 0.349 e. The van der Waals surface area contributed by atoms with Crippen LogP contribution in [0.5, 0.6) is 0 Å². The van der Waals surface area contributed by atoms with E-state index in [9.17, 15) is 26.4 Å². The van der Waals surface area contributed by atoms with Crippen molar-refractivity contribution in [2.75, 3.05) is 13.1 Å². The predicted octanol–water partition coefficient (Wildman–Crippen LogP) is 4.30. The first-order chi connectivity index (χ1) is 14.9. The van der Waals surface area contributed by atoms with Crippen LogP contribution in [0.4, 0.5) is 13.2 Å². The third-order valence-corrected chi connectivity index (χ3v) is 8.45. The van der Waals surface area contributed by atoms with Crippen molar-refractivity contribution < 1.29 is 26.4 Å². The van der Waals surface area contributed by atoms with Gasteiger partial charge in [-0.1, -0.05) is 17.7 Å². The van der Waals surface area contributed by atoms with E-state index in [0.717, 1.165) is 17.7 Å². The van der Waals surface area contributed by atoms with E-state index in [1.165, 1.54) is 17.3 Å². The lowest BCUT2D eigenvalue weighted by molar-refractivity contribution is -0.137. The first kappa shape index (κ1) is 22.8. The first-order valence-electron chi connectivity index (χ1n) is 10.5. The molecule has 0 aromatic heterocycles. The molecule has 172 valence electrons. The van der Waals surface area contributed by atoms with Gasteiger partial charge in [0.2, 0.25) is 10.0 Å². The molecule has 1 saturated carbocycles. The van der Waals surface area contributed by atoms with Crippen LogP contribution in [0, 0.1) is 19.3 Å². The van der Waals surface area contributed by atoms with Crippen molar-refractivity contribution in [3.63, 3.8) is 0 Å². The van der Waals surface area contributed by atoms with Gasteiger partial charge in [-0.25, -0.2) is 8.42 Å². The number of alkyl halides is 3. The van der Waals surface area contributed by atoms with Crippen LogP contribution < -0.4 is 5.32 Å². The molecule has 0 bridgehead atoms. The predicted molar refractivity (Wildman–Crippen MR) is 114 cm³/mol. The van der Waals surface area contributed by atoms with Crippen LogP contribution in [-0.2, 0) is 16.2 Å². The lowest BCUT2D eigenvalue weighted by Gasteiger charge is -2.32. The molecule has 1 saturated heterocycles. The summed E-state index contributed by atoms with van der Waals surface area (Å²) in [5.41, 5.74) is 0.298. The van der Waals surface area contributed by atoms with Gasteiger partial charge in [0.1, 0.15) is 0 Å². The SMILES string of the molecule is Cc1ccc(S(=O)(=O)N2CCC3(CC2)CC3NC(=O)c2cc(C)cc(C(F)(F)F)c2)cc1. The highest BCUT2D eigenvalue weighted by atomic mass is 32.2. The molecule has 5 nitrogen and oxygen atoms in total. The van der Waals surface area contributed by atoms with E-state index in [4.69, 9.17) is 0 Å². The Morgan fingerprint density at radius 1 is 1.03 bits per heavy atom. The number of rotatable bonds is 4. The Labute approximate surface area is 185 Å². The minimum Gasteiger partial charge on any atom is -0.349 e. The molecule has 4 rings (SSSR count). The van der Waals surface area contributed by atoms with E-state index < -0.39 is 27.7 Å². The molecule has 0 radical (unpaired) electrons. The summed E-state index contributed by atoms with van der Waals surface area (Å²) >= 11 is 0. The van der Waals surface area contributed by atoms with Crippen molar-refractivity contribution in [3.05, 3.63) is 64.7 Å². The first-order valence-corrected chi connectivity index (χ1v) is 11.9. The molecule has 2 aromatic rings. The molecule has 32 heavy (non-hydrogen) atoms. The number of aryl methyl sites for hydroxylation is 2. The number of halogens is 3. The van der Waals surface area contributed by atoms with Gasteiger partial charge in [0.05, 0.1) is 10.5 Å². The molecule has 2 fully saturated rings. The molecular weight excluding hydrogens is 441 g/mol. The summed E-state index contributed by atoms with van der Waals surface area (Å²) < 4.78 is 66.4. The van der Waals surface area contributed by atoms with E-state index in [2.05, 4.69) is 5.32 Å². The highest BCUT2D eigenvalue weighted by Crippen LogP contribution is 2.54. The normalized spacial score (nSPS) is 20.8. The number of nitrogens with zero attached hydrogens (tertiary/aromatic N) is 1. The molecule has 2 aliphatic rings. The molecule has 1 aliphatic heterocycles. The van der Waals surface area contributed by atoms with Crippen LogP contribution in [0.2, 0.25) is 0 Å². The largest absolute Gasteiger partial charge is 0.416 e. The van der Waals surface area contributed by atoms with Crippen molar-refractivity contribution in [1.82, 2.24) is 9.62 Å². The third-order valence-electron chi connectivity index (χ3n) is 6.54. The van der Waals surface area contributed by atoms with Crippen molar-refractivity contribution in [1.29, 1.82) is 0 Å². The van der Waals surface area contributed by atoms with E-state index in [-0.39, 0.29) is 21.9 Å². The maximum Gasteiger partial charge on any atom is 0.416 e. The second kappa shape index (κ2) is 7.88. The van der Waals surface area contributed by atoms with Crippen LogP contribution in [0.3, 0.4) is 0 Å². The summed E-state index contributed by atoms with van der Waals surface area (Å²) in [7, 11) is -3.57. The van der Waals surface area contributed by atoms with Crippen LogP contribution in [0.25, 0.3) is 0 Å². The fourth-order valence-corrected chi connectivity index (χ4v) is 5.90. The number of hydrogen-bond acceptors (Lipinski definition) is 3. The molecule has 1 spiro atoms. The van der Waals surface area contributed by atoms with Crippen LogP contribution in [-0.4, -0.2) is 37.8 Å². The van der Waals surface area contributed by atoms with Crippen molar-refractivity contribution in [2.45, 2.75) is 50.2 Å². The second-order valence-electron chi connectivity index (χ2n) is 8.90. The van der Waals surface area contributed by atoms with Crippen LogP contribution >= 0.6 is 0 Å². The van der Waals surface area contributed by atoms with Gasteiger partial charge in [-0.05, 0) is 74.4 Å². The summed E-state index contributed by atoms with van der Waals surface area (Å²) in [5.74, 6) is -0.532. The Bertz CT molecular complexity index is 1140. The summed E-state index contributed by atoms with van der Waals surface area (Å²) in [6.45, 7) is 4.12. The Morgan fingerprint density at radius 3 is 2.25 bits per heavy atom. The third kappa shape index (κ3) is 4.41. The maximum absolute atomic E-state index is 13.1. The number of sulfonamides is 1. The van der Waals surface area contributed by atoms with Gasteiger partial charge in [0.15, 0.2) is 0 Å². The zero-order chi connectivity index (χ0) is 23.3. The molecule has 1 N–H and O–H groups in total. The van der Waals surface area contributed by atoms with Gasteiger partial charge in [0.25, 0.3) is 5.91 Å². The molecule has 1 aliphatic carbocycles. The van der Waals surface area contributed by atoms with Gasteiger partial charge < -0.3 is 5.32 Å². The summed E-state index contributed by atoms with van der Waals surface area (Å²) in [6.07, 6.45) is -2.61. The zero-order valence-electron chi connectivity index (χ0n) is 17.9. The van der Waals surface area contributed by atoms with E-state index in [1.807, 2.05) is 6.92 Å². The molecule has 1 atom stereocenters. The Hall–Kier alpha value is -2.39. The summed E-state index contributed by atoms with van der Waals surface area (Å²) in [4.78, 5) is 12.9. The number of nitrogens with one attached hydrogen (secondary N) is 1. The number of hydrogen-bond donors (Lipinski definition) is 1. The lowest BCUT2D eigenvalue weighted by Crippen LogP contribution is -2.41. The summed E-state index contributed by atoms with van der Waals surface area (Å²) in [5, 5.41) is 2.85. The standard InChI is InChI=1S/C23H25F3N2O3S/c1-15-3-5-19(6-4-15)32(30,31)28-9-7-22(8-10-28)14-20(22)27-21(29)17-11-16(2)12-18(13-17)23(24,25)26/h3-6,11-13,20H,7-10,14H2,1-2H3,(H,27,29). The van der Waals surface area contributed by atoms with Gasteiger partial charge in [-0.15, -0.1) is 0 Å². The highest BCUT2D eigenvalue weighted by molar-refractivity contribution is 7.89. The van der Waals surface area contributed by atoms with E-state index in [1.54, 1.807) is 24.3 Å². The van der Waals surface area contributed by atoms with E-state index in [0.29, 0.717) is 37.9 Å². The number of benzene rings is 2. The molecule has 2 aromatic carbocycles.